The van der Waals surface area contributed by atoms with Crippen molar-refractivity contribution in [1.29, 1.82) is 0 Å². The minimum Gasteiger partial charge on any atom is -0.479 e. The molecular weight excluding hydrogens is 244 g/mol. The predicted molar refractivity (Wildman–Crippen MR) is 73.8 cm³/mol. The van der Waals surface area contributed by atoms with Crippen molar-refractivity contribution in [1.82, 2.24) is 10.7 Å². The first kappa shape index (κ1) is 13.8. The smallest absolute Gasteiger partial charge is 0.269 e. The maximum atomic E-state index is 12.1. The first-order valence-electron chi connectivity index (χ1n) is 6.36. The summed E-state index contributed by atoms with van der Waals surface area (Å²) in [7, 11) is 1.91. The van der Waals surface area contributed by atoms with Crippen LogP contribution in [0.3, 0.4) is 0 Å². The van der Waals surface area contributed by atoms with Gasteiger partial charge in [0.15, 0.2) is 6.10 Å². The standard InChI is InChI=1S/C13H20N4O2/c1-9-13(18)17(8-16-14)11-7-10(5-6-15-2)3-4-12(11)19-9/h3-4,7,9,15-16H,5-6,8,14H2,1-2H3. The summed E-state index contributed by atoms with van der Waals surface area (Å²) < 4.78 is 5.60. The number of nitrogens with zero attached hydrogens (tertiary/aromatic N) is 1. The maximum absolute atomic E-state index is 12.1. The molecule has 0 radical (unpaired) electrons. The second-order valence-electron chi connectivity index (χ2n) is 4.54. The quantitative estimate of drug-likeness (QED) is 0.514. The fraction of sp³-hybridized carbons (Fsp3) is 0.462. The van der Waals surface area contributed by atoms with Gasteiger partial charge in [-0.3, -0.25) is 15.5 Å². The van der Waals surface area contributed by atoms with Crippen LogP contribution >= 0.6 is 0 Å². The highest BCUT2D eigenvalue weighted by Crippen LogP contribution is 2.34. The topological polar surface area (TPSA) is 79.6 Å². The van der Waals surface area contributed by atoms with Gasteiger partial charge in [0.05, 0.1) is 12.4 Å². The molecule has 2 rings (SSSR count). The summed E-state index contributed by atoms with van der Waals surface area (Å²) in [5.41, 5.74) is 4.46. The van der Waals surface area contributed by atoms with Gasteiger partial charge in [0.2, 0.25) is 0 Å². The average molecular weight is 264 g/mol. The highest BCUT2D eigenvalue weighted by molar-refractivity contribution is 5.99. The van der Waals surface area contributed by atoms with Crippen LogP contribution < -0.4 is 26.2 Å². The van der Waals surface area contributed by atoms with Crippen LogP contribution in [0.15, 0.2) is 18.2 Å². The van der Waals surface area contributed by atoms with E-state index in [9.17, 15) is 4.79 Å². The van der Waals surface area contributed by atoms with Crippen LogP contribution in [0.4, 0.5) is 5.69 Å². The molecule has 0 saturated heterocycles. The number of hydrogen-bond acceptors (Lipinski definition) is 5. The molecule has 19 heavy (non-hydrogen) atoms. The highest BCUT2D eigenvalue weighted by atomic mass is 16.5. The number of carbonyl (C=O) groups is 1. The van der Waals surface area contributed by atoms with E-state index in [-0.39, 0.29) is 12.6 Å². The number of anilines is 1. The number of nitrogens with one attached hydrogen (secondary N) is 2. The second kappa shape index (κ2) is 6.01. The van der Waals surface area contributed by atoms with Crippen LogP contribution in [0, 0.1) is 0 Å². The summed E-state index contributed by atoms with van der Waals surface area (Å²) in [4.78, 5) is 13.7. The average Bonchev–Trinajstić information content (AvgIpc) is 2.42. The van der Waals surface area contributed by atoms with Crippen LogP contribution in [-0.2, 0) is 11.2 Å². The van der Waals surface area contributed by atoms with E-state index in [0.717, 1.165) is 30.0 Å². The zero-order chi connectivity index (χ0) is 13.8. The normalized spacial score (nSPS) is 18.2. The number of amides is 1. The molecule has 0 bridgehead atoms. The predicted octanol–water partition coefficient (Wildman–Crippen LogP) is -0.0168. The third-order valence-electron chi connectivity index (χ3n) is 3.14. The number of hydrazine groups is 1. The molecule has 6 heteroatoms. The van der Waals surface area contributed by atoms with Crippen molar-refractivity contribution in [3.63, 3.8) is 0 Å². The summed E-state index contributed by atoms with van der Waals surface area (Å²) in [6.07, 6.45) is 0.418. The monoisotopic (exact) mass is 264 g/mol. The first-order valence-corrected chi connectivity index (χ1v) is 6.36. The van der Waals surface area contributed by atoms with Crippen LogP contribution in [0.1, 0.15) is 12.5 Å². The Balaban J connectivity index is 2.31. The highest BCUT2D eigenvalue weighted by Gasteiger charge is 2.31. The first-order chi connectivity index (χ1) is 9.17. The van der Waals surface area contributed by atoms with Crippen molar-refractivity contribution in [2.24, 2.45) is 5.84 Å². The van der Waals surface area contributed by atoms with Gasteiger partial charge in [-0.1, -0.05) is 6.07 Å². The minimum absolute atomic E-state index is 0.0868. The number of rotatable bonds is 5. The van der Waals surface area contributed by atoms with E-state index in [0.29, 0.717) is 0 Å². The van der Waals surface area contributed by atoms with E-state index < -0.39 is 6.10 Å². The lowest BCUT2D eigenvalue weighted by molar-refractivity contribution is -0.125. The summed E-state index contributed by atoms with van der Waals surface area (Å²) in [5.74, 6) is 5.98. The van der Waals surface area contributed by atoms with Crippen molar-refractivity contribution in [2.45, 2.75) is 19.4 Å². The number of fused-ring (bicyclic) bond motifs is 1. The van der Waals surface area contributed by atoms with Crippen molar-refractivity contribution in [3.05, 3.63) is 23.8 Å². The van der Waals surface area contributed by atoms with Crippen LogP contribution in [0.5, 0.6) is 5.75 Å². The summed E-state index contributed by atoms with van der Waals surface area (Å²) >= 11 is 0. The van der Waals surface area contributed by atoms with Gasteiger partial charge in [-0.15, -0.1) is 0 Å². The van der Waals surface area contributed by atoms with Gasteiger partial charge in [0, 0.05) is 0 Å². The number of ether oxygens (including phenoxy) is 1. The molecule has 0 aromatic heterocycles. The molecule has 0 spiro atoms. The van der Waals surface area contributed by atoms with Crippen molar-refractivity contribution < 1.29 is 9.53 Å². The van der Waals surface area contributed by atoms with E-state index in [1.165, 1.54) is 0 Å². The van der Waals surface area contributed by atoms with Gasteiger partial charge in [-0.05, 0) is 44.6 Å². The number of benzene rings is 1. The lowest BCUT2D eigenvalue weighted by Gasteiger charge is -2.33. The Labute approximate surface area is 112 Å². The Morgan fingerprint density at radius 2 is 2.26 bits per heavy atom. The molecule has 104 valence electrons. The number of likely N-dealkylation sites (N-methyl/N-ethyl adjacent to an activating group) is 1. The van der Waals surface area contributed by atoms with E-state index in [1.807, 2.05) is 25.2 Å². The largest absolute Gasteiger partial charge is 0.479 e. The molecule has 1 aliphatic rings. The molecule has 1 amide bonds. The molecule has 0 saturated carbocycles. The minimum atomic E-state index is -0.482. The second-order valence-corrected chi connectivity index (χ2v) is 4.54. The molecule has 1 aromatic carbocycles. The molecule has 6 nitrogen and oxygen atoms in total. The van der Waals surface area contributed by atoms with E-state index in [2.05, 4.69) is 10.7 Å². The molecule has 1 atom stereocenters. The Bertz CT molecular complexity index is 464. The van der Waals surface area contributed by atoms with Crippen molar-refractivity contribution in [3.8, 4) is 5.75 Å². The Morgan fingerprint density at radius 1 is 1.47 bits per heavy atom. The van der Waals surface area contributed by atoms with Gasteiger partial charge in [-0.2, -0.15) is 0 Å². The molecule has 1 unspecified atom stereocenters. The molecule has 0 fully saturated rings. The molecule has 1 aromatic rings. The zero-order valence-corrected chi connectivity index (χ0v) is 11.3. The van der Waals surface area contributed by atoms with Crippen LogP contribution in [-0.4, -0.2) is 32.3 Å². The van der Waals surface area contributed by atoms with E-state index in [1.54, 1.807) is 11.8 Å². The number of nitrogens with two attached hydrogens (primary N) is 1. The Hall–Kier alpha value is -1.63. The third kappa shape index (κ3) is 2.86. The SMILES string of the molecule is CNCCc1ccc2c(c1)N(CNN)C(=O)C(C)O2. The number of hydrogen-bond donors (Lipinski definition) is 3. The Morgan fingerprint density at radius 3 is 2.95 bits per heavy atom. The summed E-state index contributed by atoms with van der Waals surface area (Å²) in [6, 6.07) is 5.91. The van der Waals surface area contributed by atoms with Gasteiger partial charge in [0.25, 0.3) is 5.91 Å². The van der Waals surface area contributed by atoms with Gasteiger partial charge in [-0.25, -0.2) is 5.43 Å². The van der Waals surface area contributed by atoms with Gasteiger partial charge >= 0.3 is 0 Å². The lowest BCUT2D eigenvalue weighted by Crippen LogP contribution is -2.49. The van der Waals surface area contributed by atoms with Crippen molar-refractivity contribution in [2.75, 3.05) is 25.2 Å². The fourth-order valence-corrected chi connectivity index (χ4v) is 2.13. The van der Waals surface area contributed by atoms with Crippen molar-refractivity contribution >= 4 is 11.6 Å². The molecule has 4 N–H and O–H groups in total. The molecular formula is C13H20N4O2. The van der Waals surface area contributed by atoms with E-state index in [4.69, 9.17) is 10.6 Å². The third-order valence-corrected chi connectivity index (χ3v) is 3.14. The molecule has 1 aliphatic heterocycles. The van der Waals surface area contributed by atoms with Crippen LogP contribution in [0.25, 0.3) is 0 Å². The molecule has 1 heterocycles. The Kier molecular flexibility index (Phi) is 4.36. The summed E-state index contributed by atoms with van der Waals surface area (Å²) in [5, 5.41) is 3.10. The van der Waals surface area contributed by atoms with Crippen LogP contribution in [0.2, 0.25) is 0 Å². The van der Waals surface area contributed by atoms with E-state index >= 15 is 0 Å². The van der Waals surface area contributed by atoms with Gasteiger partial charge < -0.3 is 10.1 Å². The summed E-state index contributed by atoms with van der Waals surface area (Å²) in [6.45, 7) is 2.90. The molecule has 0 aliphatic carbocycles. The van der Waals surface area contributed by atoms with Gasteiger partial charge in [0.1, 0.15) is 5.75 Å². The zero-order valence-electron chi connectivity index (χ0n) is 11.3. The lowest BCUT2D eigenvalue weighted by atomic mass is 10.1. The number of carbonyl (C=O) groups excluding carboxylic acids is 1. The fourth-order valence-electron chi connectivity index (χ4n) is 2.13. The maximum Gasteiger partial charge on any atom is 0.269 e.